The van der Waals surface area contributed by atoms with Gasteiger partial charge in [0.15, 0.2) is 0 Å². The zero-order valence-corrected chi connectivity index (χ0v) is 11.2. The van der Waals surface area contributed by atoms with Gasteiger partial charge in [0.25, 0.3) is 0 Å². The van der Waals surface area contributed by atoms with Crippen molar-refractivity contribution in [1.29, 1.82) is 0 Å². The number of nitrogen functional groups attached to an aromatic ring is 1. The summed E-state index contributed by atoms with van der Waals surface area (Å²) in [5.41, 5.74) is 7.69. The Morgan fingerprint density at radius 3 is 2.61 bits per heavy atom. The molecule has 2 aromatic rings. The van der Waals surface area contributed by atoms with E-state index < -0.39 is 0 Å². The zero-order chi connectivity index (χ0) is 13.0. The Kier molecular flexibility index (Phi) is 4.34. The van der Waals surface area contributed by atoms with E-state index in [0.717, 1.165) is 17.7 Å². The molecule has 18 heavy (non-hydrogen) atoms. The Morgan fingerprint density at radius 2 is 1.83 bits per heavy atom. The van der Waals surface area contributed by atoms with Gasteiger partial charge in [-0.2, -0.15) is 0 Å². The van der Waals surface area contributed by atoms with Crippen LogP contribution in [-0.2, 0) is 6.42 Å². The standard InChI is InChI=1S/C14H13Cl2NO/c15-11-5-6-12(16)14(9-11)18-8-7-10-3-1-2-4-13(10)17/h1-6,9H,7-8,17H2. The molecule has 0 aliphatic carbocycles. The summed E-state index contributed by atoms with van der Waals surface area (Å²) < 4.78 is 5.60. The lowest BCUT2D eigenvalue weighted by Gasteiger charge is -2.09. The van der Waals surface area contributed by atoms with Crippen LogP contribution in [-0.4, -0.2) is 6.61 Å². The number of benzene rings is 2. The van der Waals surface area contributed by atoms with Crippen LogP contribution in [0.15, 0.2) is 42.5 Å². The fraction of sp³-hybridized carbons (Fsp3) is 0.143. The van der Waals surface area contributed by atoms with Crippen LogP contribution >= 0.6 is 23.2 Å². The molecule has 0 atom stereocenters. The fourth-order valence-corrected chi connectivity index (χ4v) is 1.95. The molecule has 2 nitrogen and oxygen atoms in total. The molecule has 2 aromatic carbocycles. The van der Waals surface area contributed by atoms with E-state index in [-0.39, 0.29) is 0 Å². The third kappa shape index (κ3) is 3.31. The van der Waals surface area contributed by atoms with E-state index in [9.17, 15) is 0 Å². The lowest BCUT2D eigenvalue weighted by molar-refractivity contribution is 0.322. The molecule has 0 heterocycles. The third-order valence-electron chi connectivity index (χ3n) is 2.58. The molecule has 2 N–H and O–H groups in total. The quantitative estimate of drug-likeness (QED) is 0.853. The summed E-state index contributed by atoms with van der Waals surface area (Å²) >= 11 is 11.9. The van der Waals surface area contributed by atoms with E-state index >= 15 is 0 Å². The molecule has 0 radical (unpaired) electrons. The number of rotatable bonds is 4. The molecule has 2 rings (SSSR count). The number of halogens is 2. The van der Waals surface area contributed by atoms with E-state index in [1.807, 2.05) is 24.3 Å². The molecule has 94 valence electrons. The van der Waals surface area contributed by atoms with Crippen molar-refractivity contribution < 1.29 is 4.74 Å². The van der Waals surface area contributed by atoms with Gasteiger partial charge in [-0.25, -0.2) is 0 Å². The molecule has 0 spiro atoms. The van der Waals surface area contributed by atoms with Gasteiger partial charge >= 0.3 is 0 Å². The number of hydrogen-bond donors (Lipinski definition) is 1. The SMILES string of the molecule is Nc1ccccc1CCOc1cc(Cl)ccc1Cl. The van der Waals surface area contributed by atoms with Crippen molar-refractivity contribution in [2.45, 2.75) is 6.42 Å². The van der Waals surface area contributed by atoms with E-state index in [2.05, 4.69) is 0 Å². The van der Waals surface area contributed by atoms with Crippen molar-refractivity contribution in [1.82, 2.24) is 0 Å². The highest BCUT2D eigenvalue weighted by atomic mass is 35.5. The largest absolute Gasteiger partial charge is 0.492 e. The molecule has 0 amide bonds. The maximum absolute atomic E-state index is 6.00. The second-order valence-electron chi connectivity index (χ2n) is 3.87. The van der Waals surface area contributed by atoms with Crippen LogP contribution in [0.5, 0.6) is 5.75 Å². The first-order valence-electron chi connectivity index (χ1n) is 5.58. The first-order chi connectivity index (χ1) is 8.66. The minimum absolute atomic E-state index is 0.508. The Morgan fingerprint density at radius 1 is 1.06 bits per heavy atom. The van der Waals surface area contributed by atoms with Crippen molar-refractivity contribution in [2.75, 3.05) is 12.3 Å². The normalized spacial score (nSPS) is 10.3. The third-order valence-corrected chi connectivity index (χ3v) is 3.12. The van der Waals surface area contributed by atoms with Crippen LogP contribution in [0.25, 0.3) is 0 Å². The zero-order valence-electron chi connectivity index (χ0n) is 9.70. The predicted molar refractivity (Wildman–Crippen MR) is 76.5 cm³/mol. The highest BCUT2D eigenvalue weighted by molar-refractivity contribution is 6.34. The second kappa shape index (κ2) is 5.98. The highest BCUT2D eigenvalue weighted by Crippen LogP contribution is 2.27. The number of nitrogens with two attached hydrogens (primary N) is 1. The van der Waals surface area contributed by atoms with Gasteiger partial charge in [-0.1, -0.05) is 41.4 Å². The van der Waals surface area contributed by atoms with Crippen molar-refractivity contribution in [2.24, 2.45) is 0 Å². The fourth-order valence-electron chi connectivity index (χ4n) is 1.62. The molecule has 0 aliphatic rings. The Balaban J connectivity index is 1.96. The number of ether oxygens (including phenoxy) is 1. The van der Waals surface area contributed by atoms with Crippen LogP contribution in [0, 0.1) is 0 Å². The molecule has 0 unspecified atom stereocenters. The smallest absolute Gasteiger partial charge is 0.139 e. The van der Waals surface area contributed by atoms with Gasteiger partial charge in [0.1, 0.15) is 5.75 Å². The maximum atomic E-state index is 6.00. The van der Waals surface area contributed by atoms with Crippen molar-refractivity contribution in [3.05, 3.63) is 58.1 Å². The van der Waals surface area contributed by atoms with Crippen LogP contribution in [0.1, 0.15) is 5.56 Å². The summed E-state index contributed by atoms with van der Waals surface area (Å²) in [7, 11) is 0. The molecule has 4 heteroatoms. The molecular weight excluding hydrogens is 269 g/mol. The van der Waals surface area contributed by atoms with Gasteiger partial charge in [-0.05, 0) is 23.8 Å². The lowest BCUT2D eigenvalue weighted by Crippen LogP contribution is -2.04. The van der Waals surface area contributed by atoms with Crippen LogP contribution in [0.4, 0.5) is 5.69 Å². The Labute approximate surface area is 116 Å². The summed E-state index contributed by atoms with van der Waals surface area (Å²) in [6, 6.07) is 12.9. The Hall–Kier alpha value is -1.38. The summed E-state index contributed by atoms with van der Waals surface area (Å²) in [4.78, 5) is 0. The average molecular weight is 282 g/mol. The van der Waals surface area contributed by atoms with E-state index in [4.69, 9.17) is 33.7 Å². The van der Waals surface area contributed by atoms with E-state index in [1.165, 1.54) is 0 Å². The summed E-state index contributed by atoms with van der Waals surface area (Å²) in [6.45, 7) is 0.508. The van der Waals surface area contributed by atoms with Gasteiger partial charge < -0.3 is 10.5 Å². The highest BCUT2D eigenvalue weighted by Gasteiger charge is 2.03. The molecule has 0 fully saturated rings. The first kappa shape index (κ1) is 13.1. The number of para-hydroxylation sites is 1. The van der Waals surface area contributed by atoms with Crippen LogP contribution in [0.3, 0.4) is 0 Å². The second-order valence-corrected chi connectivity index (χ2v) is 4.72. The minimum atomic E-state index is 0.508. The summed E-state index contributed by atoms with van der Waals surface area (Å²) in [5, 5.41) is 1.16. The molecular formula is C14H13Cl2NO. The summed E-state index contributed by atoms with van der Waals surface area (Å²) in [6.07, 6.45) is 0.732. The van der Waals surface area contributed by atoms with Gasteiger partial charge in [0.2, 0.25) is 0 Å². The average Bonchev–Trinajstić information content (AvgIpc) is 2.36. The van der Waals surface area contributed by atoms with Gasteiger partial charge in [0, 0.05) is 23.2 Å². The molecule has 0 saturated heterocycles. The number of anilines is 1. The van der Waals surface area contributed by atoms with Crippen LogP contribution < -0.4 is 10.5 Å². The topological polar surface area (TPSA) is 35.2 Å². The number of hydrogen-bond acceptors (Lipinski definition) is 2. The Bertz CT molecular complexity index is 543. The molecule has 0 aromatic heterocycles. The van der Waals surface area contributed by atoms with Crippen molar-refractivity contribution in [3.8, 4) is 5.75 Å². The van der Waals surface area contributed by atoms with E-state index in [0.29, 0.717) is 22.4 Å². The van der Waals surface area contributed by atoms with Gasteiger partial charge in [-0.3, -0.25) is 0 Å². The minimum Gasteiger partial charge on any atom is -0.492 e. The van der Waals surface area contributed by atoms with Gasteiger partial charge in [-0.15, -0.1) is 0 Å². The van der Waals surface area contributed by atoms with Gasteiger partial charge in [0.05, 0.1) is 11.6 Å². The lowest BCUT2D eigenvalue weighted by atomic mass is 10.1. The van der Waals surface area contributed by atoms with Crippen molar-refractivity contribution in [3.63, 3.8) is 0 Å². The first-order valence-corrected chi connectivity index (χ1v) is 6.33. The summed E-state index contributed by atoms with van der Waals surface area (Å²) in [5.74, 6) is 0.596. The predicted octanol–water partition coefficient (Wildman–Crippen LogP) is 4.20. The molecule has 0 saturated carbocycles. The van der Waals surface area contributed by atoms with Crippen LogP contribution in [0.2, 0.25) is 10.0 Å². The van der Waals surface area contributed by atoms with E-state index in [1.54, 1.807) is 18.2 Å². The maximum Gasteiger partial charge on any atom is 0.139 e. The monoisotopic (exact) mass is 281 g/mol. The van der Waals surface area contributed by atoms with Crippen molar-refractivity contribution >= 4 is 28.9 Å². The molecule has 0 aliphatic heterocycles. The molecule has 0 bridgehead atoms.